The molecule has 4 aromatic carbocycles. The van der Waals surface area contributed by atoms with Gasteiger partial charge in [0.15, 0.2) is 5.78 Å². The maximum Gasteiger partial charge on any atom is 0.251 e. The molecule has 5 aromatic rings. The SMILES string of the molecule is Cc1ncsc1-c1ccc(CNC(=O)C2C[C@H](O)CN2C(=O)[C@@H](CC(=O)COCCOc2ccc(-c3ccc(C(=O)N[C@H]4C(C)(C)[C@H](Cc5ccc(C#N)c(Cl)c5)C4(C)C)cc3)cc2)C(C)(C)C)cc1. The van der Waals surface area contributed by atoms with Crippen LogP contribution in [0.15, 0.2) is 96.5 Å². The summed E-state index contributed by atoms with van der Waals surface area (Å²) in [6.07, 6.45) is -0.0157. The first kappa shape index (κ1) is 51.9. The number of hydrogen-bond donors (Lipinski definition) is 3. The number of carbonyl (C=O) groups is 4. The summed E-state index contributed by atoms with van der Waals surface area (Å²) < 4.78 is 11.6. The second-order valence-electron chi connectivity index (χ2n) is 21.0. The molecule has 1 aliphatic heterocycles. The Morgan fingerprint density at radius 1 is 0.914 bits per heavy atom. The highest BCUT2D eigenvalue weighted by Crippen LogP contribution is 2.60. The minimum absolute atomic E-state index is 0.0147. The fourth-order valence-corrected chi connectivity index (χ4v) is 11.6. The quantitative estimate of drug-likeness (QED) is 0.0724. The molecule has 3 atom stereocenters. The molecule has 0 spiro atoms. The molecule has 7 rings (SSSR count). The Morgan fingerprint density at radius 2 is 1.54 bits per heavy atom. The summed E-state index contributed by atoms with van der Waals surface area (Å²) in [4.78, 5) is 61.2. The first-order valence-electron chi connectivity index (χ1n) is 23.8. The van der Waals surface area contributed by atoms with Crippen LogP contribution in [0, 0.1) is 46.3 Å². The Hall–Kier alpha value is -5.91. The van der Waals surface area contributed by atoms with Gasteiger partial charge in [0.05, 0.1) is 39.4 Å². The molecule has 1 saturated carbocycles. The number of nitriles is 1. The number of aryl methyl sites for hydroxylation is 1. The minimum atomic E-state index is -0.856. The second-order valence-corrected chi connectivity index (χ2v) is 22.2. The molecule has 1 aliphatic carbocycles. The molecule has 70 heavy (non-hydrogen) atoms. The predicted molar refractivity (Wildman–Crippen MR) is 273 cm³/mol. The van der Waals surface area contributed by atoms with E-state index in [-0.39, 0.29) is 92.0 Å². The minimum Gasteiger partial charge on any atom is -0.491 e. The predicted octanol–water partition coefficient (Wildman–Crippen LogP) is 9.63. The monoisotopic (exact) mass is 985 g/mol. The molecule has 3 N–H and O–H groups in total. The number of amides is 3. The van der Waals surface area contributed by atoms with Crippen LogP contribution in [0.25, 0.3) is 21.6 Å². The van der Waals surface area contributed by atoms with Gasteiger partial charge in [0.1, 0.15) is 31.1 Å². The number of nitrogens with one attached hydrogen (secondary N) is 2. The molecular formula is C56H64ClN5O7S. The van der Waals surface area contributed by atoms with E-state index < -0.39 is 23.5 Å². The number of aromatic nitrogens is 1. The largest absolute Gasteiger partial charge is 0.491 e. The van der Waals surface area contributed by atoms with E-state index in [2.05, 4.69) is 49.4 Å². The lowest BCUT2D eigenvalue weighted by Crippen LogP contribution is -2.70. The van der Waals surface area contributed by atoms with Crippen molar-refractivity contribution >= 4 is 46.4 Å². The van der Waals surface area contributed by atoms with Crippen molar-refractivity contribution in [3.05, 3.63) is 129 Å². The number of ether oxygens (including phenoxy) is 2. The van der Waals surface area contributed by atoms with Crippen molar-refractivity contribution in [2.24, 2.45) is 28.1 Å². The van der Waals surface area contributed by atoms with Crippen LogP contribution in [-0.2, 0) is 32.1 Å². The number of aliphatic hydroxyl groups excluding tert-OH is 1. The molecule has 2 heterocycles. The maximum absolute atomic E-state index is 14.1. The molecule has 0 radical (unpaired) electrons. The van der Waals surface area contributed by atoms with Crippen molar-refractivity contribution in [2.45, 2.75) is 99.4 Å². The normalized spacial score (nSPS) is 19.6. The summed E-state index contributed by atoms with van der Waals surface area (Å²) in [7, 11) is 0. The third-order valence-electron chi connectivity index (χ3n) is 14.3. The van der Waals surface area contributed by atoms with Gasteiger partial charge in [-0.15, -0.1) is 11.3 Å². The second kappa shape index (κ2) is 21.6. The van der Waals surface area contributed by atoms with Gasteiger partial charge in [0.2, 0.25) is 11.8 Å². The van der Waals surface area contributed by atoms with Gasteiger partial charge < -0.3 is 30.1 Å². The highest BCUT2D eigenvalue weighted by Gasteiger charge is 2.61. The van der Waals surface area contributed by atoms with Crippen LogP contribution < -0.4 is 15.4 Å². The lowest BCUT2D eigenvalue weighted by atomic mass is 9.43. The van der Waals surface area contributed by atoms with Crippen molar-refractivity contribution in [1.82, 2.24) is 20.5 Å². The fourth-order valence-electron chi connectivity index (χ4n) is 10.5. The number of thiazole rings is 1. The van der Waals surface area contributed by atoms with Crippen molar-refractivity contribution in [3.63, 3.8) is 0 Å². The molecule has 368 valence electrons. The van der Waals surface area contributed by atoms with Gasteiger partial charge in [-0.25, -0.2) is 4.98 Å². The third kappa shape index (κ3) is 11.8. The average molecular weight is 987 g/mol. The van der Waals surface area contributed by atoms with Crippen LogP contribution in [0.3, 0.4) is 0 Å². The molecule has 2 aliphatic rings. The molecule has 12 nitrogen and oxygen atoms in total. The van der Waals surface area contributed by atoms with Crippen LogP contribution in [0.5, 0.6) is 5.75 Å². The maximum atomic E-state index is 14.1. The molecule has 1 unspecified atom stereocenters. The smallest absolute Gasteiger partial charge is 0.251 e. The van der Waals surface area contributed by atoms with E-state index in [0.717, 1.165) is 44.8 Å². The number of benzene rings is 4. The van der Waals surface area contributed by atoms with E-state index in [1.165, 1.54) is 4.90 Å². The molecule has 1 saturated heterocycles. The summed E-state index contributed by atoms with van der Waals surface area (Å²) in [6.45, 7) is 16.8. The Bertz CT molecular complexity index is 2710. The van der Waals surface area contributed by atoms with Crippen LogP contribution in [-0.4, -0.2) is 83.0 Å². The Kier molecular flexibility index (Phi) is 16.0. The van der Waals surface area contributed by atoms with E-state index in [0.29, 0.717) is 21.9 Å². The van der Waals surface area contributed by atoms with Crippen LogP contribution in [0.4, 0.5) is 0 Å². The number of likely N-dealkylation sites (tertiary alicyclic amines) is 1. The number of β-amino-alcohol motifs (C(OH)–C–C–N with tert-alkyl or cyclic N) is 1. The fraction of sp³-hybridized carbons (Fsp3) is 0.429. The lowest BCUT2D eigenvalue weighted by Gasteiger charge is -2.64. The van der Waals surface area contributed by atoms with Gasteiger partial charge in [-0.3, -0.25) is 19.2 Å². The van der Waals surface area contributed by atoms with Gasteiger partial charge in [0.25, 0.3) is 5.91 Å². The molecule has 3 amide bonds. The highest BCUT2D eigenvalue weighted by atomic mass is 35.5. The number of halogens is 1. The number of carbonyl (C=O) groups excluding carboxylic acids is 4. The van der Waals surface area contributed by atoms with Crippen LogP contribution in [0.2, 0.25) is 5.02 Å². The summed E-state index contributed by atoms with van der Waals surface area (Å²) in [6, 6.07) is 29.8. The summed E-state index contributed by atoms with van der Waals surface area (Å²) in [5.74, 6) is -0.876. The Morgan fingerprint density at radius 3 is 2.14 bits per heavy atom. The standard InChI is InChI=1S/C56H64ClN5O7S/c1-34-49(70-33-60-34)39-12-9-35(10-13-39)30-59-51(66)47-28-42(63)31-62(47)52(67)45(54(2,3)4)27-43(64)32-68-23-24-69-44-21-19-38(20-22-44)37-15-17-40(18-16-37)50(65)61-53-55(5,6)48(56(53,7)8)26-36-11-14-41(29-58)46(57)25-36/h9-22,25,33,42,45,47-48,53,63H,23-24,26-28,30-32H2,1-8H3,(H,59,66)(H,61,65)/t42-,45+,47?,48-,53-/m0/s1. The van der Waals surface area contributed by atoms with Crippen molar-refractivity contribution in [2.75, 3.05) is 26.4 Å². The lowest BCUT2D eigenvalue weighted by molar-refractivity contribution is -0.146. The zero-order valence-corrected chi connectivity index (χ0v) is 42.9. The van der Waals surface area contributed by atoms with E-state index in [9.17, 15) is 29.5 Å². The van der Waals surface area contributed by atoms with Crippen LogP contribution >= 0.6 is 22.9 Å². The number of nitrogens with zero attached hydrogens (tertiary/aromatic N) is 3. The first-order chi connectivity index (χ1) is 33.2. The summed E-state index contributed by atoms with van der Waals surface area (Å²) >= 11 is 7.90. The average Bonchev–Trinajstić information content (AvgIpc) is 3.95. The number of hydrogen-bond acceptors (Lipinski definition) is 10. The number of rotatable bonds is 18. The number of ketones is 1. The molecule has 2 fully saturated rings. The summed E-state index contributed by atoms with van der Waals surface area (Å²) in [5.41, 5.74) is 7.80. The van der Waals surface area contributed by atoms with E-state index in [1.54, 1.807) is 17.4 Å². The summed E-state index contributed by atoms with van der Waals surface area (Å²) in [5, 5.41) is 26.6. The van der Waals surface area contributed by atoms with E-state index in [1.807, 2.05) is 118 Å². The first-order valence-corrected chi connectivity index (χ1v) is 25.1. The van der Waals surface area contributed by atoms with Gasteiger partial charge in [-0.2, -0.15) is 5.26 Å². The number of aliphatic hydroxyl groups is 1. The van der Waals surface area contributed by atoms with E-state index >= 15 is 0 Å². The Balaban J connectivity index is 0.839. The van der Waals surface area contributed by atoms with Crippen molar-refractivity contribution in [3.8, 4) is 33.4 Å². The topological polar surface area (TPSA) is 171 Å². The molecule has 14 heteroatoms. The molecule has 1 aromatic heterocycles. The van der Waals surface area contributed by atoms with Gasteiger partial charge in [-0.05, 0) is 99.7 Å². The Labute approximate surface area is 420 Å². The highest BCUT2D eigenvalue weighted by molar-refractivity contribution is 7.13. The molecular weight excluding hydrogens is 922 g/mol. The zero-order valence-electron chi connectivity index (χ0n) is 41.3. The van der Waals surface area contributed by atoms with Crippen molar-refractivity contribution in [1.29, 1.82) is 5.26 Å². The number of Topliss-reactive ketones (excluding diaryl/α,β-unsaturated/α-hetero) is 1. The van der Waals surface area contributed by atoms with E-state index in [4.69, 9.17) is 21.1 Å². The van der Waals surface area contributed by atoms with Gasteiger partial charge in [-0.1, -0.05) is 115 Å². The zero-order chi connectivity index (χ0) is 50.5. The third-order valence-corrected chi connectivity index (χ3v) is 15.6. The van der Waals surface area contributed by atoms with Crippen LogP contribution in [0.1, 0.15) is 94.1 Å². The molecule has 0 bridgehead atoms. The van der Waals surface area contributed by atoms with Gasteiger partial charge >= 0.3 is 0 Å². The van der Waals surface area contributed by atoms with Crippen molar-refractivity contribution < 1.29 is 33.8 Å². The van der Waals surface area contributed by atoms with Gasteiger partial charge in [0, 0.05) is 43.5 Å².